The number of ketones is 1. The van der Waals surface area contributed by atoms with Crippen molar-refractivity contribution < 1.29 is 19.2 Å². The van der Waals surface area contributed by atoms with Gasteiger partial charge in [-0.3, -0.25) is 9.59 Å². The minimum Gasteiger partial charge on any atom is -0.481 e. The molecule has 0 spiro atoms. The molecule has 5 nitrogen and oxygen atoms in total. The van der Waals surface area contributed by atoms with Crippen LogP contribution in [0, 0.1) is 25.7 Å². The highest BCUT2D eigenvalue weighted by Crippen LogP contribution is 2.52. The summed E-state index contributed by atoms with van der Waals surface area (Å²) in [6.45, 7) is 8.64. The van der Waals surface area contributed by atoms with Gasteiger partial charge < -0.3 is 9.63 Å². The van der Waals surface area contributed by atoms with Crippen LogP contribution in [0.4, 0.5) is 0 Å². The molecule has 2 saturated carbocycles. The average Bonchev–Trinajstić information content (AvgIpc) is 3.48. The molecule has 2 fully saturated rings. The number of carboxylic acid groups (broad SMARTS) is 1. The zero-order chi connectivity index (χ0) is 24.4. The zero-order valence-corrected chi connectivity index (χ0v) is 21.1. The van der Waals surface area contributed by atoms with Crippen molar-refractivity contribution in [2.45, 2.75) is 103 Å². The molecule has 1 heterocycles. The molecule has 1 aromatic heterocycles. The number of carbonyl (C=O) groups excluding carboxylic acids is 1. The molecule has 2 aromatic rings. The van der Waals surface area contributed by atoms with Crippen molar-refractivity contribution in [3.05, 3.63) is 51.9 Å². The minimum atomic E-state index is -0.834. The number of hydrogen-bond donors (Lipinski definition) is 1. The lowest BCUT2D eigenvalue weighted by molar-refractivity contribution is -0.137. The van der Waals surface area contributed by atoms with Gasteiger partial charge in [0.2, 0.25) is 0 Å². The van der Waals surface area contributed by atoms with E-state index in [2.05, 4.69) is 32.0 Å². The Morgan fingerprint density at radius 2 is 1.88 bits per heavy atom. The Labute approximate surface area is 203 Å². The van der Waals surface area contributed by atoms with Crippen molar-refractivity contribution in [3.8, 4) is 0 Å². The third kappa shape index (κ3) is 5.97. The molecule has 2 aliphatic rings. The van der Waals surface area contributed by atoms with Gasteiger partial charge in [0.25, 0.3) is 0 Å². The highest BCUT2D eigenvalue weighted by Gasteiger charge is 2.41. The maximum atomic E-state index is 13.1. The van der Waals surface area contributed by atoms with Gasteiger partial charge in [-0.1, -0.05) is 42.8 Å². The number of rotatable bonds is 12. The first-order valence-corrected chi connectivity index (χ1v) is 13.0. The van der Waals surface area contributed by atoms with E-state index < -0.39 is 5.97 Å². The molecule has 5 heteroatoms. The Kier molecular flexibility index (Phi) is 7.59. The van der Waals surface area contributed by atoms with Gasteiger partial charge in [0.15, 0.2) is 0 Å². The number of Topliss-reactive ketones (excluding diaryl/α,β-unsaturated/α-hetero) is 1. The van der Waals surface area contributed by atoms with Crippen molar-refractivity contribution in [1.82, 2.24) is 5.16 Å². The maximum Gasteiger partial charge on any atom is 0.303 e. The van der Waals surface area contributed by atoms with Crippen LogP contribution in [0.2, 0.25) is 0 Å². The molecule has 0 unspecified atom stereocenters. The lowest BCUT2D eigenvalue weighted by Gasteiger charge is -2.35. The van der Waals surface area contributed by atoms with E-state index in [1.165, 1.54) is 17.5 Å². The molecule has 0 radical (unpaired) electrons. The van der Waals surface area contributed by atoms with Crippen molar-refractivity contribution in [2.75, 3.05) is 0 Å². The first-order valence-electron chi connectivity index (χ1n) is 13.0. The van der Waals surface area contributed by atoms with Gasteiger partial charge in [0, 0.05) is 36.7 Å². The zero-order valence-electron chi connectivity index (χ0n) is 21.1. The first kappa shape index (κ1) is 24.7. The van der Waals surface area contributed by atoms with Crippen LogP contribution >= 0.6 is 0 Å². The molecule has 1 N–H and O–H groups in total. The highest BCUT2D eigenvalue weighted by molar-refractivity contribution is 5.82. The SMILES string of the molecule is Cc1ccc(CC(=O)C[C@H](CCC(=O)O)c2noc(C3CC(CC(C)C)C3)c2C2CC2)c(C)c1. The van der Waals surface area contributed by atoms with Crippen molar-refractivity contribution in [2.24, 2.45) is 11.8 Å². The number of hydrogen-bond acceptors (Lipinski definition) is 4. The third-order valence-electron chi connectivity index (χ3n) is 7.63. The minimum absolute atomic E-state index is 0.0354. The molecule has 0 aliphatic heterocycles. The van der Waals surface area contributed by atoms with Crippen LogP contribution in [-0.4, -0.2) is 22.0 Å². The topological polar surface area (TPSA) is 80.4 Å². The molecule has 0 saturated heterocycles. The summed E-state index contributed by atoms with van der Waals surface area (Å²) in [6, 6.07) is 6.17. The smallest absolute Gasteiger partial charge is 0.303 e. The number of carboxylic acids is 1. The number of aryl methyl sites for hydroxylation is 2. The second-order valence-corrected chi connectivity index (χ2v) is 11.3. The summed E-state index contributed by atoms with van der Waals surface area (Å²) in [5, 5.41) is 13.9. The Morgan fingerprint density at radius 3 is 2.50 bits per heavy atom. The highest BCUT2D eigenvalue weighted by atomic mass is 16.5. The Hall–Kier alpha value is -2.43. The molecular weight excluding hydrogens is 426 g/mol. The summed E-state index contributed by atoms with van der Waals surface area (Å²) in [4.78, 5) is 24.5. The van der Waals surface area contributed by atoms with Crippen LogP contribution in [0.15, 0.2) is 22.7 Å². The van der Waals surface area contributed by atoms with Crippen LogP contribution in [0.1, 0.15) is 117 Å². The molecule has 34 heavy (non-hydrogen) atoms. The number of aliphatic carboxylic acids is 1. The Bertz CT molecular complexity index is 1030. The molecule has 4 rings (SSSR count). The normalized spacial score (nSPS) is 20.9. The van der Waals surface area contributed by atoms with E-state index in [0.717, 1.165) is 54.2 Å². The molecule has 184 valence electrons. The average molecular weight is 466 g/mol. The van der Waals surface area contributed by atoms with E-state index in [1.54, 1.807) is 0 Å². The van der Waals surface area contributed by atoms with E-state index in [-0.39, 0.29) is 18.1 Å². The summed E-state index contributed by atoms with van der Waals surface area (Å²) in [7, 11) is 0. The Balaban J connectivity index is 1.52. The van der Waals surface area contributed by atoms with Gasteiger partial charge in [-0.05, 0) is 81.3 Å². The molecule has 0 bridgehead atoms. The molecule has 1 atom stereocenters. The molecular formula is C29H39NO4. The van der Waals surface area contributed by atoms with E-state index in [1.807, 2.05) is 19.1 Å². The standard InChI is InChI=1S/C29H39NO4/c1-17(2)11-20-13-24(14-20)29-27(21-7-8-21)28(30-34-29)23(9-10-26(32)33)16-25(31)15-22-6-5-18(3)12-19(22)4/h5-6,12,17,20-21,23-24H,7-11,13-16H2,1-4H3,(H,32,33)/t20?,23-,24?/m0/s1. The van der Waals surface area contributed by atoms with Gasteiger partial charge in [-0.25, -0.2) is 0 Å². The van der Waals surface area contributed by atoms with Crippen LogP contribution in [0.5, 0.6) is 0 Å². The second-order valence-electron chi connectivity index (χ2n) is 11.3. The fraction of sp³-hybridized carbons (Fsp3) is 0.621. The molecule has 2 aliphatic carbocycles. The molecule has 0 amide bonds. The molecule has 1 aromatic carbocycles. The van der Waals surface area contributed by atoms with E-state index >= 15 is 0 Å². The number of benzene rings is 1. The van der Waals surface area contributed by atoms with Crippen LogP contribution in [-0.2, 0) is 16.0 Å². The van der Waals surface area contributed by atoms with Gasteiger partial charge in [-0.2, -0.15) is 0 Å². The van der Waals surface area contributed by atoms with Gasteiger partial charge in [0.05, 0.1) is 5.69 Å². The summed E-state index contributed by atoms with van der Waals surface area (Å²) in [5.74, 6) is 2.48. The largest absolute Gasteiger partial charge is 0.481 e. The van der Waals surface area contributed by atoms with E-state index in [0.29, 0.717) is 37.0 Å². The number of carbonyl (C=O) groups is 2. The van der Waals surface area contributed by atoms with Crippen LogP contribution < -0.4 is 0 Å². The summed E-state index contributed by atoms with van der Waals surface area (Å²) >= 11 is 0. The van der Waals surface area contributed by atoms with Gasteiger partial charge in [-0.15, -0.1) is 0 Å². The summed E-state index contributed by atoms with van der Waals surface area (Å²) in [5.41, 5.74) is 5.42. The quantitative estimate of drug-likeness (QED) is 0.370. The second kappa shape index (κ2) is 10.5. The van der Waals surface area contributed by atoms with E-state index in [9.17, 15) is 14.7 Å². The first-order chi connectivity index (χ1) is 16.2. The lowest BCUT2D eigenvalue weighted by Crippen LogP contribution is -2.23. The predicted octanol–water partition coefficient (Wildman–Crippen LogP) is 6.86. The maximum absolute atomic E-state index is 13.1. The van der Waals surface area contributed by atoms with Gasteiger partial charge in [0.1, 0.15) is 11.5 Å². The summed E-state index contributed by atoms with van der Waals surface area (Å²) in [6.07, 6.45) is 6.96. The van der Waals surface area contributed by atoms with Crippen molar-refractivity contribution in [3.63, 3.8) is 0 Å². The number of nitrogens with zero attached hydrogens (tertiary/aromatic N) is 1. The fourth-order valence-electron chi connectivity index (χ4n) is 5.74. The lowest BCUT2D eigenvalue weighted by atomic mass is 9.69. The van der Waals surface area contributed by atoms with Gasteiger partial charge >= 0.3 is 5.97 Å². The van der Waals surface area contributed by atoms with Crippen LogP contribution in [0.25, 0.3) is 0 Å². The summed E-state index contributed by atoms with van der Waals surface area (Å²) < 4.78 is 5.97. The van der Waals surface area contributed by atoms with Crippen molar-refractivity contribution >= 4 is 11.8 Å². The van der Waals surface area contributed by atoms with Crippen molar-refractivity contribution in [1.29, 1.82) is 0 Å². The number of aromatic nitrogens is 1. The third-order valence-corrected chi connectivity index (χ3v) is 7.63. The van der Waals surface area contributed by atoms with E-state index in [4.69, 9.17) is 4.52 Å². The fourth-order valence-corrected chi connectivity index (χ4v) is 5.74. The Morgan fingerprint density at radius 1 is 1.15 bits per heavy atom. The predicted molar refractivity (Wildman–Crippen MR) is 132 cm³/mol. The monoisotopic (exact) mass is 465 g/mol. The van der Waals surface area contributed by atoms with Crippen LogP contribution in [0.3, 0.4) is 0 Å².